The second-order valence-electron chi connectivity index (χ2n) is 6.51. The van der Waals surface area contributed by atoms with Gasteiger partial charge < -0.3 is 18.9 Å². The third-order valence-corrected chi connectivity index (χ3v) is 4.13. The number of nitrogens with zero attached hydrogens (tertiary/aromatic N) is 2. The molecule has 0 amide bonds. The molecule has 34 heavy (non-hydrogen) atoms. The summed E-state index contributed by atoms with van der Waals surface area (Å²) in [7, 11) is 0. The standard InChI is InChI=1S/C24H20N2O8/c1-3-31-21(27)17-7-5-9-19(25-17)23(29)33-15-11-13-16(14-12-15)34-24(30)20-10-6-8-18(26-20)22(28)32-4-2/h5-14H,3-4H2,1-2H3. The van der Waals surface area contributed by atoms with Crippen LogP contribution in [0.2, 0.25) is 0 Å². The van der Waals surface area contributed by atoms with Crippen molar-refractivity contribution in [3.8, 4) is 11.5 Å². The molecule has 0 fully saturated rings. The maximum absolute atomic E-state index is 12.4. The van der Waals surface area contributed by atoms with E-state index in [1.54, 1.807) is 13.8 Å². The Morgan fingerprint density at radius 3 is 1.21 bits per heavy atom. The van der Waals surface area contributed by atoms with Gasteiger partial charge in [-0.3, -0.25) is 0 Å². The Hall–Kier alpha value is -4.60. The second kappa shape index (κ2) is 11.3. The number of carbonyl (C=O) groups excluding carboxylic acids is 4. The van der Waals surface area contributed by atoms with Gasteiger partial charge in [-0.15, -0.1) is 0 Å². The number of benzene rings is 1. The van der Waals surface area contributed by atoms with Gasteiger partial charge in [0.1, 0.15) is 34.3 Å². The lowest BCUT2D eigenvalue weighted by Crippen LogP contribution is -2.15. The smallest absolute Gasteiger partial charge is 0.362 e. The summed E-state index contributed by atoms with van der Waals surface area (Å²) in [4.78, 5) is 56.2. The average molecular weight is 464 g/mol. The van der Waals surface area contributed by atoms with Crippen LogP contribution in [0, 0.1) is 0 Å². The third-order valence-electron chi connectivity index (χ3n) is 4.13. The van der Waals surface area contributed by atoms with Gasteiger partial charge in [-0.1, -0.05) is 12.1 Å². The fourth-order valence-electron chi connectivity index (χ4n) is 2.63. The van der Waals surface area contributed by atoms with E-state index >= 15 is 0 Å². The fraction of sp³-hybridized carbons (Fsp3) is 0.167. The molecule has 0 aliphatic rings. The summed E-state index contributed by atoms with van der Waals surface area (Å²) >= 11 is 0. The first kappa shape index (κ1) is 24.1. The number of rotatable bonds is 8. The van der Waals surface area contributed by atoms with Crippen LogP contribution in [0.5, 0.6) is 11.5 Å². The summed E-state index contributed by atoms with van der Waals surface area (Å²) < 4.78 is 20.2. The van der Waals surface area contributed by atoms with E-state index in [2.05, 4.69) is 9.97 Å². The zero-order valence-electron chi connectivity index (χ0n) is 18.3. The Balaban J connectivity index is 1.63. The lowest BCUT2D eigenvalue weighted by atomic mass is 10.3. The topological polar surface area (TPSA) is 131 Å². The highest BCUT2D eigenvalue weighted by atomic mass is 16.5. The van der Waals surface area contributed by atoms with Crippen LogP contribution in [0.1, 0.15) is 55.8 Å². The first-order valence-electron chi connectivity index (χ1n) is 10.2. The molecule has 0 aliphatic carbocycles. The Bertz CT molecular complexity index is 1110. The van der Waals surface area contributed by atoms with E-state index in [-0.39, 0.29) is 47.5 Å². The van der Waals surface area contributed by atoms with E-state index in [0.29, 0.717) is 0 Å². The van der Waals surface area contributed by atoms with Crippen LogP contribution in [-0.4, -0.2) is 47.1 Å². The normalized spacial score (nSPS) is 10.2. The minimum atomic E-state index is -0.782. The molecule has 0 radical (unpaired) electrons. The SMILES string of the molecule is CCOC(=O)c1cccc(C(=O)Oc2ccc(OC(=O)c3cccc(C(=O)OCC)n3)cc2)n1. The van der Waals surface area contributed by atoms with Gasteiger partial charge in [-0.2, -0.15) is 0 Å². The largest absolute Gasteiger partial charge is 0.461 e. The monoisotopic (exact) mass is 464 g/mol. The molecule has 0 N–H and O–H groups in total. The van der Waals surface area contributed by atoms with Gasteiger partial charge in [0.15, 0.2) is 0 Å². The Morgan fingerprint density at radius 1 is 0.559 bits per heavy atom. The van der Waals surface area contributed by atoms with Crippen LogP contribution >= 0.6 is 0 Å². The van der Waals surface area contributed by atoms with Crippen LogP contribution in [0.15, 0.2) is 60.7 Å². The lowest BCUT2D eigenvalue weighted by Gasteiger charge is -2.08. The van der Waals surface area contributed by atoms with Crippen LogP contribution in [0.25, 0.3) is 0 Å². The summed E-state index contributed by atoms with van der Waals surface area (Å²) in [6.45, 7) is 3.68. The van der Waals surface area contributed by atoms with Gasteiger partial charge in [0.25, 0.3) is 0 Å². The Morgan fingerprint density at radius 2 is 0.882 bits per heavy atom. The number of esters is 4. The van der Waals surface area contributed by atoms with Crippen molar-refractivity contribution in [3.05, 3.63) is 83.4 Å². The van der Waals surface area contributed by atoms with Crippen molar-refractivity contribution in [2.75, 3.05) is 13.2 Å². The van der Waals surface area contributed by atoms with E-state index in [9.17, 15) is 19.2 Å². The van der Waals surface area contributed by atoms with Crippen molar-refractivity contribution in [1.82, 2.24) is 9.97 Å². The molecule has 0 saturated heterocycles. The van der Waals surface area contributed by atoms with Gasteiger partial charge in [-0.05, 0) is 62.4 Å². The van der Waals surface area contributed by atoms with Gasteiger partial charge in [-0.25, -0.2) is 29.1 Å². The summed E-state index contributed by atoms with van der Waals surface area (Å²) in [6, 6.07) is 14.3. The third kappa shape index (κ3) is 6.22. The molecule has 174 valence electrons. The van der Waals surface area contributed by atoms with Gasteiger partial charge >= 0.3 is 23.9 Å². The van der Waals surface area contributed by atoms with Crippen LogP contribution < -0.4 is 9.47 Å². The second-order valence-corrected chi connectivity index (χ2v) is 6.51. The van der Waals surface area contributed by atoms with Crippen molar-refractivity contribution in [2.24, 2.45) is 0 Å². The number of carbonyl (C=O) groups is 4. The van der Waals surface area contributed by atoms with Crippen molar-refractivity contribution in [1.29, 1.82) is 0 Å². The molecule has 10 nitrogen and oxygen atoms in total. The molecule has 10 heteroatoms. The average Bonchev–Trinajstić information content (AvgIpc) is 2.85. The van der Waals surface area contributed by atoms with E-state index in [1.807, 2.05) is 0 Å². The van der Waals surface area contributed by atoms with Crippen molar-refractivity contribution >= 4 is 23.9 Å². The predicted octanol–water partition coefficient (Wildman–Crippen LogP) is 3.27. The van der Waals surface area contributed by atoms with Gasteiger partial charge in [0.05, 0.1) is 13.2 Å². The number of hydrogen-bond donors (Lipinski definition) is 0. The lowest BCUT2D eigenvalue weighted by molar-refractivity contribution is 0.0508. The Kier molecular flexibility index (Phi) is 8.01. The van der Waals surface area contributed by atoms with Crippen LogP contribution in [-0.2, 0) is 9.47 Å². The minimum Gasteiger partial charge on any atom is -0.461 e. The number of hydrogen-bond acceptors (Lipinski definition) is 10. The zero-order valence-corrected chi connectivity index (χ0v) is 18.3. The Labute approximate surface area is 194 Å². The molecule has 0 aliphatic heterocycles. The van der Waals surface area contributed by atoms with E-state index in [0.717, 1.165) is 0 Å². The minimum absolute atomic E-state index is 0.0146. The van der Waals surface area contributed by atoms with Crippen molar-refractivity contribution in [2.45, 2.75) is 13.8 Å². The highest BCUT2D eigenvalue weighted by Gasteiger charge is 2.17. The van der Waals surface area contributed by atoms with Crippen molar-refractivity contribution in [3.63, 3.8) is 0 Å². The molecule has 0 bridgehead atoms. The van der Waals surface area contributed by atoms with Crippen LogP contribution in [0.4, 0.5) is 0 Å². The van der Waals surface area contributed by atoms with E-state index in [1.165, 1.54) is 60.7 Å². The predicted molar refractivity (Wildman–Crippen MR) is 117 cm³/mol. The molecule has 2 heterocycles. The van der Waals surface area contributed by atoms with Gasteiger partial charge in [0, 0.05) is 0 Å². The summed E-state index contributed by atoms with van der Waals surface area (Å²) in [5.74, 6) is -2.53. The van der Waals surface area contributed by atoms with Crippen molar-refractivity contribution < 1.29 is 38.1 Å². The molecule has 3 rings (SSSR count). The molecule has 0 saturated carbocycles. The molecule has 0 unspecified atom stereocenters. The maximum Gasteiger partial charge on any atom is 0.362 e. The zero-order chi connectivity index (χ0) is 24.5. The summed E-state index contributed by atoms with van der Waals surface area (Å²) in [6.07, 6.45) is 0. The molecule has 3 aromatic rings. The van der Waals surface area contributed by atoms with Crippen LogP contribution in [0.3, 0.4) is 0 Å². The molecular formula is C24H20N2O8. The number of ether oxygens (including phenoxy) is 4. The quantitative estimate of drug-likeness (QED) is 0.361. The molecule has 1 aromatic carbocycles. The van der Waals surface area contributed by atoms with E-state index < -0.39 is 23.9 Å². The molecule has 0 spiro atoms. The summed E-state index contributed by atoms with van der Waals surface area (Å²) in [5.41, 5.74) is -0.180. The highest BCUT2D eigenvalue weighted by Crippen LogP contribution is 2.19. The molecule has 0 atom stereocenters. The number of aromatic nitrogens is 2. The first-order chi connectivity index (χ1) is 16.4. The van der Waals surface area contributed by atoms with E-state index in [4.69, 9.17) is 18.9 Å². The maximum atomic E-state index is 12.4. The highest BCUT2D eigenvalue weighted by molar-refractivity contribution is 5.93. The fourth-order valence-corrected chi connectivity index (χ4v) is 2.63. The van der Waals surface area contributed by atoms with Gasteiger partial charge in [0.2, 0.25) is 0 Å². The molecular weight excluding hydrogens is 444 g/mol. The number of pyridine rings is 2. The summed E-state index contributed by atoms with van der Waals surface area (Å²) in [5, 5.41) is 0. The first-order valence-corrected chi connectivity index (χ1v) is 10.2. The molecule has 2 aromatic heterocycles.